The highest BCUT2D eigenvalue weighted by atomic mass is 35.5. The van der Waals surface area contributed by atoms with Gasteiger partial charge in [0.25, 0.3) is 0 Å². The van der Waals surface area contributed by atoms with Crippen LogP contribution in [-0.4, -0.2) is 18.1 Å². The first-order valence-electron chi connectivity index (χ1n) is 5.60. The van der Waals surface area contributed by atoms with Crippen molar-refractivity contribution in [2.45, 2.75) is 5.88 Å². The molecule has 0 amide bonds. The van der Waals surface area contributed by atoms with Gasteiger partial charge in [-0.05, 0) is 23.8 Å². The fourth-order valence-corrected chi connectivity index (χ4v) is 1.60. The van der Waals surface area contributed by atoms with Crippen molar-refractivity contribution in [2.75, 3.05) is 7.11 Å². The molecule has 0 radical (unpaired) electrons. The average molecular weight is 278 g/mol. The fraction of sp³-hybridized carbons (Fsp3) is 0.143. The fourth-order valence-electron chi connectivity index (χ4n) is 1.48. The van der Waals surface area contributed by atoms with E-state index in [9.17, 15) is 4.79 Å². The van der Waals surface area contributed by atoms with Crippen LogP contribution < -0.4 is 0 Å². The lowest BCUT2D eigenvalue weighted by Gasteiger charge is -1.98. The van der Waals surface area contributed by atoms with Gasteiger partial charge in [0.15, 0.2) is 0 Å². The number of halogens is 1. The van der Waals surface area contributed by atoms with Gasteiger partial charge in [0.1, 0.15) is 6.26 Å². The molecule has 1 aromatic carbocycles. The highest BCUT2D eigenvalue weighted by molar-refractivity contribution is 6.16. The number of oxazole rings is 1. The van der Waals surface area contributed by atoms with E-state index in [-0.39, 0.29) is 5.97 Å². The van der Waals surface area contributed by atoms with E-state index in [2.05, 4.69) is 9.72 Å². The first kappa shape index (κ1) is 13.4. The van der Waals surface area contributed by atoms with Crippen molar-refractivity contribution in [1.82, 2.24) is 4.98 Å². The maximum Gasteiger partial charge on any atom is 0.337 e. The third-order valence-electron chi connectivity index (χ3n) is 2.46. The van der Waals surface area contributed by atoms with Gasteiger partial charge >= 0.3 is 5.97 Å². The molecule has 0 N–H and O–H groups in total. The lowest BCUT2D eigenvalue weighted by atomic mass is 10.1. The largest absolute Gasteiger partial charge is 0.465 e. The van der Waals surface area contributed by atoms with E-state index in [0.717, 1.165) is 5.56 Å². The van der Waals surface area contributed by atoms with E-state index in [1.807, 2.05) is 18.2 Å². The summed E-state index contributed by atoms with van der Waals surface area (Å²) in [5.74, 6) is 0.466. The first-order valence-corrected chi connectivity index (χ1v) is 6.13. The summed E-state index contributed by atoms with van der Waals surface area (Å²) in [5.41, 5.74) is 2.14. The van der Waals surface area contributed by atoms with Crippen molar-refractivity contribution in [2.24, 2.45) is 0 Å². The van der Waals surface area contributed by atoms with Crippen LogP contribution in [0.3, 0.4) is 0 Å². The van der Waals surface area contributed by atoms with Crippen molar-refractivity contribution in [3.8, 4) is 0 Å². The van der Waals surface area contributed by atoms with Gasteiger partial charge in [0.2, 0.25) is 5.89 Å². The number of methoxy groups -OCH3 is 1. The summed E-state index contributed by atoms with van der Waals surface area (Å²) in [6, 6.07) is 7.03. The lowest BCUT2D eigenvalue weighted by Crippen LogP contribution is -2.00. The molecule has 0 aliphatic heterocycles. The Morgan fingerprint density at radius 2 is 2.11 bits per heavy atom. The third-order valence-corrected chi connectivity index (χ3v) is 2.73. The van der Waals surface area contributed by atoms with Gasteiger partial charge in [-0.1, -0.05) is 12.1 Å². The Morgan fingerprint density at radius 1 is 1.37 bits per heavy atom. The molecule has 0 spiro atoms. The molecule has 1 aromatic heterocycles. The molecular weight excluding hydrogens is 266 g/mol. The molecule has 2 aromatic rings. The maximum absolute atomic E-state index is 11.3. The molecule has 0 bridgehead atoms. The van der Waals surface area contributed by atoms with E-state index in [4.69, 9.17) is 16.0 Å². The number of benzene rings is 1. The molecule has 0 atom stereocenters. The summed E-state index contributed by atoms with van der Waals surface area (Å²) >= 11 is 5.63. The number of hydrogen-bond acceptors (Lipinski definition) is 4. The van der Waals surface area contributed by atoms with Crippen LogP contribution in [0, 0.1) is 0 Å². The van der Waals surface area contributed by atoms with Crippen molar-refractivity contribution in [3.63, 3.8) is 0 Å². The Hall–Kier alpha value is -2.07. The van der Waals surface area contributed by atoms with E-state index in [1.54, 1.807) is 18.2 Å². The number of hydrogen-bond donors (Lipinski definition) is 0. The second-order valence-electron chi connectivity index (χ2n) is 3.76. The standard InChI is InChI=1S/C14H12ClNO3/c1-18-14(17)11-5-2-10(3-6-11)4-7-13-16-12(8-15)9-19-13/h2-7,9H,8H2,1H3. The second-order valence-corrected chi connectivity index (χ2v) is 4.02. The summed E-state index contributed by atoms with van der Waals surface area (Å²) in [6.07, 6.45) is 5.10. The molecule has 5 heteroatoms. The van der Waals surface area contributed by atoms with Crippen molar-refractivity contribution in [1.29, 1.82) is 0 Å². The van der Waals surface area contributed by atoms with E-state index >= 15 is 0 Å². The van der Waals surface area contributed by atoms with E-state index < -0.39 is 0 Å². The number of alkyl halides is 1. The number of esters is 1. The minimum absolute atomic E-state index is 0.325. The van der Waals surface area contributed by atoms with Gasteiger partial charge in [0.05, 0.1) is 24.2 Å². The summed E-state index contributed by atoms with van der Waals surface area (Å²) < 4.78 is 9.83. The van der Waals surface area contributed by atoms with Gasteiger partial charge < -0.3 is 9.15 Å². The molecule has 0 aliphatic rings. The van der Waals surface area contributed by atoms with Gasteiger partial charge in [-0.3, -0.25) is 0 Å². The molecule has 2 rings (SSSR count). The SMILES string of the molecule is COC(=O)c1ccc(C=Cc2nc(CCl)co2)cc1. The van der Waals surface area contributed by atoms with Gasteiger partial charge in [-0.15, -0.1) is 11.6 Å². The quantitative estimate of drug-likeness (QED) is 0.635. The van der Waals surface area contributed by atoms with Gasteiger partial charge in [0, 0.05) is 6.08 Å². The molecule has 4 nitrogen and oxygen atoms in total. The van der Waals surface area contributed by atoms with Crippen LogP contribution in [0.2, 0.25) is 0 Å². The number of rotatable bonds is 4. The normalized spacial score (nSPS) is 10.8. The minimum Gasteiger partial charge on any atom is -0.465 e. The highest BCUT2D eigenvalue weighted by Gasteiger charge is 2.03. The Kier molecular flexibility index (Phi) is 4.36. The van der Waals surface area contributed by atoms with Crippen LogP contribution in [0.15, 0.2) is 34.9 Å². The monoisotopic (exact) mass is 277 g/mol. The molecule has 19 heavy (non-hydrogen) atoms. The van der Waals surface area contributed by atoms with Gasteiger partial charge in [-0.25, -0.2) is 9.78 Å². The summed E-state index contributed by atoms with van der Waals surface area (Å²) in [7, 11) is 1.35. The number of carbonyl (C=O) groups is 1. The van der Waals surface area contributed by atoms with Crippen LogP contribution in [0.5, 0.6) is 0 Å². The van der Waals surface area contributed by atoms with Crippen LogP contribution in [0.1, 0.15) is 27.5 Å². The Morgan fingerprint density at radius 3 is 2.68 bits per heavy atom. The zero-order valence-electron chi connectivity index (χ0n) is 10.3. The van der Waals surface area contributed by atoms with E-state index in [0.29, 0.717) is 23.0 Å². The molecule has 1 heterocycles. The maximum atomic E-state index is 11.3. The highest BCUT2D eigenvalue weighted by Crippen LogP contribution is 2.11. The zero-order chi connectivity index (χ0) is 13.7. The zero-order valence-corrected chi connectivity index (χ0v) is 11.1. The Labute approximate surface area is 115 Å². The molecule has 0 saturated carbocycles. The molecule has 0 saturated heterocycles. The third kappa shape index (κ3) is 3.45. The van der Waals surface area contributed by atoms with Crippen LogP contribution in [0.25, 0.3) is 12.2 Å². The topological polar surface area (TPSA) is 52.3 Å². The summed E-state index contributed by atoms with van der Waals surface area (Å²) in [6.45, 7) is 0. The average Bonchev–Trinajstić information content (AvgIpc) is 2.93. The number of aromatic nitrogens is 1. The first-order chi connectivity index (χ1) is 9.22. The van der Waals surface area contributed by atoms with Crippen LogP contribution >= 0.6 is 11.6 Å². The summed E-state index contributed by atoms with van der Waals surface area (Å²) in [4.78, 5) is 15.4. The molecule has 0 aliphatic carbocycles. The molecular formula is C14H12ClNO3. The van der Waals surface area contributed by atoms with Crippen LogP contribution in [-0.2, 0) is 10.6 Å². The van der Waals surface area contributed by atoms with Crippen LogP contribution in [0.4, 0.5) is 0 Å². The number of ether oxygens (including phenoxy) is 1. The predicted molar refractivity (Wildman–Crippen MR) is 72.8 cm³/mol. The van der Waals surface area contributed by atoms with Crippen molar-refractivity contribution >= 4 is 29.7 Å². The van der Waals surface area contributed by atoms with Crippen molar-refractivity contribution < 1.29 is 13.9 Å². The smallest absolute Gasteiger partial charge is 0.337 e. The van der Waals surface area contributed by atoms with Crippen molar-refractivity contribution in [3.05, 3.63) is 53.2 Å². The Bertz CT molecular complexity index is 587. The number of carbonyl (C=O) groups excluding carboxylic acids is 1. The lowest BCUT2D eigenvalue weighted by molar-refractivity contribution is 0.0601. The Balaban J connectivity index is 2.08. The summed E-state index contributed by atoms with van der Waals surface area (Å²) in [5, 5.41) is 0. The predicted octanol–water partition coefficient (Wildman–Crippen LogP) is 3.37. The second kappa shape index (κ2) is 6.20. The molecule has 0 unspecified atom stereocenters. The number of nitrogens with zero attached hydrogens (tertiary/aromatic N) is 1. The van der Waals surface area contributed by atoms with E-state index in [1.165, 1.54) is 13.4 Å². The minimum atomic E-state index is -0.352. The molecule has 0 fully saturated rings. The van der Waals surface area contributed by atoms with Gasteiger partial charge in [-0.2, -0.15) is 0 Å². The molecule has 98 valence electrons.